The van der Waals surface area contributed by atoms with Crippen LogP contribution in [0.5, 0.6) is 5.75 Å². The van der Waals surface area contributed by atoms with Crippen LogP contribution in [-0.2, 0) is 6.42 Å². The quantitative estimate of drug-likeness (QED) is 0.837. The van der Waals surface area contributed by atoms with E-state index < -0.39 is 0 Å². The molecule has 1 aromatic carbocycles. The van der Waals surface area contributed by atoms with Gasteiger partial charge in [-0.15, -0.1) is 0 Å². The summed E-state index contributed by atoms with van der Waals surface area (Å²) in [6, 6.07) is 6.38. The average molecular weight is 258 g/mol. The maximum atomic E-state index is 5.52. The second kappa shape index (κ2) is 5.08. The molecule has 3 nitrogen and oxygen atoms in total. The van der Waals surface area contributed by atoms with Crippen LogP contribution in [0, 0.1) is 12.3 Å². The summed E-state index contributed by atoms with van der Waals surface area (Å²) in [6.45, 7) is 8.71. The van der Waals surface area contributed by atoms with Crippen LogP contribution in [0.2, 0.25) is 0 Å². The Balaban J connectivity index is 2.37. The molecule has 0 aliphatic heterocycles. The summed E-state index contributed by atoms with van der Waals surface area (Å²) in [5.41, 5.74) is 3.60. The van der Waals surface area contributed by atoms with E-state index in [1.807, 2.05) is 24.0 Å². The molecule has 1 aromatic heterocycles. The van der Waals surface area contributed by atoms with Gasteiger partial charge in [-0.25, -0.2) is 4.98 Å². The first kappa shape index (κ1) is 13.7. The zero-order valence-corrected chi connectivity index (χ0v) is 12.4. The number of benzene rings is 1. The topological polar surface area (TPSA) is 27.1 Å². The molecule has 2 rings (SSSR count). The second-order valence-corrected chi connectivity index (χ2v) is 6.17. The molecule has 0 N–H and O–H groups in total. The number of aromatic nitrogens is 2. The van der Waals surface area contributed by atoms with Crippen LogP contribution in [0.1, 0.15) is 32.0 Å². The maximum absolute atomic E-state index is 5.52. The van der Waals surface area contributed by atoms with Crippen LogP contribution in [0.4, 0.5) is 0 Å². The molecule has 1 heterocycles. The Bertz CT molecular complexity index is 564. The van der Waals surface area contributed by atoms with Gasteiger partial charge in [0.15, 0.2) is 0 Å². The van der Waals surface area contributed by atoms with Crippen LogP contribution in [0.3, 0.4) is 0 Å². The minimum Gasteiger partial charge on any atom is -0.495 e. The van der Waals surface area contributed by atoms with Crippen molar-refractivity contribution in [1.82, 2.24) is 9.55 Å². The normalized spacial score (nSPS) is 11.6. The minimum absolute atomic E-state index is 0.276. The maximum Gasteiger partial charge on any atom is 0.143 e. The predicted octanol–water partition coefficient (Wildman–Crippen LogP) is 3.78. The molecule has 0 bridgehead atoms. The van der Waals surface area contributed by atoms with Gasteiger partial charge < -0.3 is 9.30 Å². The Hall–Kier alpha value is -1.77. The summed E-state index contributed by atoms with van der Waals surface area (Å²) >= 11 is 0. The average Bonchev–Trinajstić information content (AvgIpc) is 2.73. The number of hydrogen-bond donors (Lipinski definition) is 0. The van der Waals surface area contributed by atoms with Crippen molar-refractivity contribution >= 4 is 0 Å². The fraction of sp³-hybridized carbons (Fsp3) is 0.438. The molecule has 0 radical (unpaired) electrons. The highest BCUT2D eigenvalue weighted by atomic mass is 16.5. The summed E-state index contributed by atoms with van der Waals surface area (Å²) in [4.78, 5) is 4.26. The SMILES string of the molecule is COc1cc(CC(C)(C)C)ccc1-n1cnc(C)c1. The molecule has 0 aliphatic carbocycles. The van der Waals surface area contributed by atoms with Gasteiger partial charge in [0.1, 0.15) is 5.75 Å². The van der Waals surface area contributed by atoms with Crippen molar-refractivity contribution in [3.63, 3.8) is 0 Å². The van der Waals surface area contributed by atoms with E-state index in [-0.39, 0.29) is 5.41 Å². The van der Waals surface area contributed by atoms with Crippen molar-refractivity contribution in [3.8, 4) is 11.4 Å². The third-order valence-corrected chi connectivity index (χ3v) is 2.97. The van der Waals surface area contributed by atoms with Gasteiger partial charge in [-0.05, 0) is 36.5 Å². The summed E-state index contributed by atoms with van der Waals surface area (Å²) in [7, 11) is 1.71. The molecule has 0 spiro atoms. The van der Waals surface area contributed by atoms with Crippen LogP contribution >= 0.6 is 0 Å². The standard InChI is InChI=1S/C16H22N2O/c1-12-10-18(11-17-12)14-7-6-13(8-15(14)19-5)9-16(2,3)4/h6-8,10-11H,9H2,1-5H3. The van der Waals surface area contributed by atoms with Gasteiger partial charge >= 0.3 is 0 Å². The number of nitrogens with zero attached hydrogens (tertiary/aromatic N) is 2. The fourth-order valence-corrected chi connectivity index (χ4v) is 2.21. The first-order valence-electron chi connectivity index (χ1n) is 6.57. The Morgan fingerprint density at radius 2 is 2.00 bits per heavy atom. The molecule has 0 atom stereocenters. The molecule has 0 amide bonds. The van der Waals surface area contributed by atoms with E-state index in [2.05, 4.69) is 44.0 Å². The molecule has 0 saturated heterocycles. The van der Waals surface area contributed by atoms with Gasteiger partial charge in [-0.1, -0.05) is 26.8 Å². The molecule has 2 aromatic rings. The van der Waals surface area contributed by atoms with Crippen molar-refractivity contribution in [2.75, 3.05) is 7.11 Å². The summed E-state index contributed by atoms with van der Waals surface area (Å²) in [5, 5.41) is 0. The highest BCUT2D eigenvalue weighted by Crippen LogP contribution is 2.28. The number of hydrogen-bond acceptors (Lipinski definition) is 2. The molecule has 3 heteroatoms. The molecule has 102 valence electrons. The third-order valence-electron chi connectivity index (χ3n) is 2.97. The summed E-state index contributed by atoms with van der Waals surface area (Å²) in [6.07, 6.45) is 4.85. The van der Waals surface area contributed by atoms with E-state index in [9.17, 15) is 0 Å². The lowest BCUT2D eigenvalue weighted by molar-refractivity contribution is 0.401. The lowest BCUT2D eigenvalue weighted by atomic mass is 9.88. The number of methoxy groups -OCH3 is 1. The van der Waals surface area contributed by atoms with Gasteiger partial charge in [-0.2, -0.15) is 0 Å². The molecule has 0 fully saturated rings. The highest BCUT2D eigenvalue weighted by Gasteiger charge is 2.13. The number of aryl methyl sites for hydroxylation is 1. The monoisotopic (exact) mass is 258 g/mol. The van der Waals surface area contributed by atoms with E-state index >= 15 is 0 Å². The molecular formula is C16H22N2O. The van der Waals surface area contributed by atoms with Crippen LogP contribution in [0.25, 0.3) is 5.69 Å². The van der Waals surface area contributed by atoms with Crippen molar-refractivity contribution in [2.24, 2.45) is 5.41 Å². The van der Waals surface area contributed by atoms with Gasteiger partial charge in [0, 0.05) is 6.20 Å². The van der Waals surface area contributed by atoms with Crippen LogP contribution in [0.15, 0.2) is 30.7 Å². The summed E-state index contributed by atoms with van der Waals surface area (Å²) in [5.74, 6) is 0.888. The van der Waals surface area contributed by atoms with E-state index in [1.54, 1.807) is 7.11 Å². The van der Waals surface area contributed by atoms with Crippen LogP contribution < -0.4 is 4.74 Å². The van der Waals surface area contributed by atoms with Crippen LogP contribution in [-0.4, -0.2) is 16.7 Å². The number of rotatable bonds is 3. The minimum atomic E-state index is 0.276. The number of ether oxygens (including phenoxy) is 1. The number of imidazole rings is 1. The molecule has 19 heavy (non-hydrogen) atoms. The lowest BCUT2D eigenvalue weighted by Gasteiger charge is -2.19. The van der Waals surface area contributed by atoms with Gasteiger partial charge in [0.05, 0.1) is 24.8 Å². The lowest BCUT2D eigenvalue weighted by Crippen LogP contribution is -2.09. The van der Waals surface area contributed by atoms with Crippen molar-refractivity contribution in [2.45, 2.75) is 34.1 Å². The predicted molar refractivity (Wildman–Crippen MR) is 78.0 cm³/mol. The first-order valence-corrected chi connectivity index (χ1v) is 6.57. The Kier molecular flexibility index (Phi) is 3.65. The Morgan fingerprint density at radius 3 is 2.53 bits per heavy atom. The Labute approximate surface area is 115 Å². The van der Waals surface area contributed by atoms with Crippen molar-refractivity contribution in [3.05, 3.63) is 42.0 Å². The third kappa shape index (κ3) is 3.37. The van der Waals surface area contributed by atoms with Gasteiger partial charge in [0.25, 0.3) is 0 Å². The molecule has 0 saturated carbocycles. The van der Waals surface area contributed by atoms with E-state index in [4.69, 9.17) is 4.74 Å². The second-order valence-electron chi connectivity index (χ2n) is 6.17. The summed E-state index contributed by atoms with van der Waals surface area (Å²) < 4.78 is 7.51. The zero-order valence-electron chi connectivity index (χ0n) is 12.4. The van der Waals surface area contributed by atoms with Gasteiger partial charge in [0.2, 0.25) is 0 Å². The Morgan fingerprint density at radius 1 is 1.26 bits per heavy atom. The molecule has 0 aliphatic rings. The molecule has 0 unspecified atom stereocenters. The van der Waals surface area contributed by atoms with Gasteiger partial charge in [-0.3, -0.25) is 0 Å². The fourth-order valence-electron chi connectivity index (χ4n) is 2.21. The highest BCUT2D eigenvalue weighted by molar-refractivity contribution is 5.49. The van der Waals surface area contributed by atoms with E-state index in [0.29, 0.717) is 0 Å². The van der Waals surface area contributed by atoms with Crippen molar-refractivity contribution < 1.29 is 4.74 Å². The largest absolute Gasteiger partial charge is 0.495 e. The van der Waals surface area contributed by atoms with E-state index in [1.165, 1.54) is 5.56 Å². The first-order chi connectivity index (χ1) is 8.89. The van der Waals surface area contributed by atoms with E-state index in [0.717, 1.165) is 23.6 Å². The molecular weight excluding hydrogens is 236 g/mol. The smallest absolute Gasteiger partial charge is 0.143 e. The van der Waals surface area contributed by atoms with Crippen molar-refractivity contribution in [1.29, 1.82) is 0 Å². The zero-order chi connectivity index (χ0) is 14.0.